The molecule has 3 N–H and O–H groups in total. The molecule has 0 saturated carbocycles. The van der Waals surface area contributed by atoms with E-state index >= 15 is 0 Å². The number of anilines is 1. The molecule has 0 saturated heterocycles. The van der Waals surface area contributed by atoms with Crippen LogP contribution in [0.1, 0.15) is 16.7 Å². The van der Waals surface area contributed by atoms with Crippen molar-refractivity contribution in [3.63, 3.8) is 0 Å². The van der Waals surface area contributed by atoms with E-state index in [0.717, 1.165) is 16.8 Å². The number of benzene rings is 2. The zero-order valence-electron chi connectivity index (χ0n) is 10.9. The molecule has 3 nitrogen and oxygen atoms in total. The predicted molar refractivity (Wildman–Crippen MR) is 73.0 cm³/mol. The van der Waals surface area contributed by atoms with Crippen LogP contribution in [-0.2, 0) is 6.54 Å². The molecule has 0 bridgehead atoms. The highest BCUT2D eigenvalue weighted by Crippen LogP contribution is 2.29. The number of aromatic hydroxyl groups is 2. The van der Waals surface area contributed by atoms with E-state index < -0.39 is 5.82 Å². The van der Waals surface area contributed by atoms with Gasteiger partial charge in [0.15, 0.2) is 0 Å². The molecule has 2 rings (SSSR count). The minimum Gasteiger partial charge on any atom is -0.508 e. The van der Waals surface area contributed by atoms with Crippen LogP contribution in [-0.4, -0.2) is 10.2 Å². The lowest BCUT2D eigenvalue weighted by Gasteiger charge is -2.13. The summed E-state index contributed by atoms with van der Waals surface area (Å²) in [6.07, 6.45) is 0. The van der Waals surface area contributed by atoms with Gasteiger partial charge in [0, 0.05) is 23.4 Å². The Kier molecular flexibility index (Phi) is 3.60. The Morgan fingerprint density at radius 1 is 1.11 bits per heavy atom. The zero-order chi connectivity index (χ0) is 14.0. The standard InChI is InChI=1S/C15H16FNO2/c1-9-3-5-13(10(2)15(9)19)17-8-11-7-12(16)4-6-14(11)18/h3-7,17-19H,8H2,1-2H3. The Hall–Kier alpha value is -2.23. The number of phenolic OH excluding ortho intramolecular Hbond substituents is 2. The predicted octanol–water partition coefficient (Wildman–Crippen LogP) is 3.47. The number of halogens is 1. The molecular formula is C15H16FNO2. The Balaban J connectivity index is 2.19. The van der Waals surface area contributed by atoms with Crippen LogP contribution < -0.4 is 5.32 Å². The second kappa shape index (κ2) is 5.18. The van der Waals surface area contributed by atoms with Crippen LogP contribution in [0.15, 0.2) is 30.3 Å². The van der Waals surface area contributed by atoms with E-state index in [1.54, 1.807) is 13.0 Å². The summed E-state index contributed by atoms with van der Waals surface area (Å²) in [5.74, 6) is -0.102. The van der Waals surface area contributed by atoms with Crippen LogP contribution in [0.3, 0.4) is 0 Å². The maximum absolute atomic E-state index is 13.1. The largest absolute Gasteiger partial charge is 0.508 e. The van der Waals surface area contributed by atoms with E-state index in [-0.39, 0.29) is 18.0 Å². The van der Waals surface area contributed by atoms with Gasteiger partial charge in [0.25, 0.3) is 0 Å². The highest BCUT2D eigenvalue weighted by atomic mass is 19.1. The van der Waals surface area contributed by atoms with Crippen LogP contribution >= 0.6 is 0 Å². The Bertz CT molecular complexity index is 611. The average molecular weight is 261 g/mol. The van der Waals surface area contributed by atoms with Gasteiger partial charge in [-0.25, -0.2) is 4.39 Å². The molecule has 0 radical (unpaired) electrons. The van der Waals surface area contributed by atoms with Crippen molar-refractivity contribution in [1.29, 1.82) is 0 Å². The van der Waals surface area contributed by atoms with Gasteiger partial charge >= 0.3 is 0 Å². The quantitative estimate of drug-likeness (QED) is 0.793. The van der Waals surface area contributed by atoms with Gasteiger partial charge in [-0.2, -0.15) is 0 Å². The summed E-state index contributed by atoms with van der Waals surface area (Å²) in [6.45, 7) is 3.91. The molecule has 0 spiro atoms. The minimum atomic E-state index is -0.391. The van der Waals surface area contributed by atoms with Gasteiger partial charge in [0.2, 0.25) is 0 Å². The molecule has 0 aliphatic heterocycles. The van der Waals surface area contributed by atoms with E-state index in [0.29, 0.717) is 5.56 Å². The molecule has 0 atom stereocenters. The molecule has 0 aliphatic rings. The van der Waals surface area contributed by atoms with Crippen molar-refractivity contribution in [3.8, 4) is 11.5 Å². The molecule has 0 aliphatic carbocycles. The highest BCUT2D eigenvalue weighted by molar-refractivity contribution is 5.59. The second-order valence-electron chi connectivity index (χ2n) is 4.53. The summed E-state index contributed by atoms with van der Waals surface area (Å²) in [6, 6.07) is 7.47. The molecule has 4 heteroatoms. The third-order valence-corrected chi connectivity index (χ3v) is 3.14. The monoisotopic (exact) mass is 261 g/mol. The van der Waals surface area contributed by atoms with Gasteiger partial charge in [0.1, 0.15) is 17.3 Å². The molecule has 0 heterocycles. The molecule has 0 fully saturated rings. The van der Waals surface area contributed by atoms with Crippen molar-refractivity contribution in [3.05, 3.63) is 52.8 Å². The van der Waals surface area contributed by atoms with E-state index in [1.807, 2.05) is 13.0 Å². The van der Waals surface area contributed by atoms with Gasteiger partial charge in [0.05, 0.1) is 0 Å². The van der Waals surface area contributed by atoms with Crippen molar-refractivity contribution in [2.75, 3.05) is 5.32 Å². The lowest BCUT2D eigenvalue weighted by atomic mass is 10.1. The fourth-order valence-electron chi connectivity index (χ4n) is 1.91. The van der Waals surface area contributed by atoms with Crippen molar-refractivity contribution < 1.29 is 14.6 Å². The van der Waals surface area contributed by atoms with E-state index in [1.165, 1.54) is 18.2 Å². The van der Waals surface area contributed by atoms with Gasteiger partial charge in [-0.1, -0.05) is 6.07 Å². The van der Waals surface area contributed by atoms with E-state index in [9.17, 15) is 14.6 Å². The number of hydrogen-bond acceptors (Lipinski definition) is 3. The topological polar surface area (TPSA) is 52.5 Å². The van der Waals surface area contributed by atoms with Gasteiger partial charge in [-0.05, 0) is 43.7 Å². The number of aryl methyl sites for hydroxylation is 1. The highest BCUT2D eigenvalue weighted by Gasteiger charge is 2.07. The number of phenols is 2. The second-order valence-corrected chi connectivity index (χ2v) is 4.53. The fraction of sp³-hybridized carbons (Fsp3) is 0.200. The summed E-state index contributed by atoms with van der Waals surface area (Å²) in [4.78, 5) is 0. The lowest BCUT2D eigenvalue weighted by Crippen LogP contribution is -2.02. The first-order chi connectivity index (χ1) is 8.99. The van der Waals surface area contributed by atoms with Gasteiger partial charge < -0.3 is 15.5 Å². The smallest absolute Gasteiger partial charge is 0.123 e. The molecule has 19 heavy (non-hydrogen) atoms. The van der Waals surface area contributed by atoms with E-state index in [2.05, 4.69) is 5.32 Å². The van der Waals surface area contributed by atoms with E-state index in [4.69, 9.17) is 0 Å². The summed E-state index contributed by atoms with van der Waals surface area (Å²) in [5.41, 5.74) is 2.76. The van der Waals surface area contributed by atoms with Crippen LogP contribution in [0.5, 0.6) is 11.5 Å². The first kappa shape index (κ1) is 13.2. The Morgan fingerprint density at radius 2 is 1.84 bits per heavy atom. The van der Waals surface area contributed by atoms with Crippen LogP contribution in [0.2, 0.25) is 0 Å². The fourth-order valence-corrected chi connectivity index (χ4v) is 1.91. The Labute approximate surface area is 111 Å². The molecule has 0 unspecified atom stereocenters. The molecule has 2 aromatic carbocycles. The van der Waals surface area contributed by atoms with Gasteiger partial charge in [-0.3, -0.25) is 0 Å². The van der Waals surface area contributed by atoms with Crippen molar-refractivity contribution >= 4 is 5.69 Å². The summed E-state index contributed by atoms with van der Waals surface area (Å²) < 4.78 is 13.1. The normalized spacial score (nSPS) is 10.5. The molecular weight excluding hydrogens is 245 g/mol. The Morgan fingerprint density at radius 3 is 2.58 bits per heavy atom. The lowest BCUT2D eigenvalue weighted by molar-refractivity contribution is 0.466. The van der Waals surface area contributed by atoms with Crippen molar-refractivity contribution in [2.24, 2.45) is 0 Å². The summed E-state index contributed by atoms with van der Waals surface area (Å²) in [5, 5.41) is 22.5. The minimum absolute atomic E-state index is 0.0443. The SMILES string of the molecule is Cc1ccc(NCc2cc(F)ccc2O)c(C)c1O. The first-order valence-corrected chi connectivity index (χ1v) is 5.99. The molecule has 2 aromatic rings. The summed E-state index contributed by atoms with van der Waals surface area (Å²) in [7, 11) is 0. The number of hydrogen-bond donors (Lipinski definition) is 3. The maximum Gasteiger partial charge on any atom is 0.123 e. The van der Waals surface area contributed by atoms with Crippen LogP contribution in [0.4, 0.5) is 10.1 Å². The first-order valence-electron chi connectivity index (χ1n) is 5.99. The number of nitrogens with one attached hydrogen (secondary N) is 1. The number of rotatable bonds is 3. The molecule has 0 aromatic heterocycles. The van der Waals surface area contributed by atoms with Crippen molar-refractivity contribution in [2.45, 2.75) is 20.4 Å². The molecule has 0 amide bonds. The third kappa shape index (κ3) is 2.78. The van der Waals surface area contributed by atoms with Crippen LogP contribution in [0.25, 0.3) is 0 Å². The average Bonchev–Trinajstić information content (AvgIpc) is 2.39. The molecule has 100 valence electrons. The van der Waals surface area contributed by atoms with Crippen LogP contribution in [0, 0.1) is 19.7 Å². The maximum atomic E-state index is 13.1. The van der Waals surface area contributed by atoms with Gasteiger partial charge in [-0.15, -0.1) is 0 Å². The summed E-state index contributed by atoms with van der Waals surface area (Å²) >= 11 is 0. The third-order valence-electron chi connectivity index (χ3n) is 3.14. The zero-order valence-corrected chi connectivity index (χ0v) is 10.9. The van der Waals surface area contributed by atoms with Crippen molar-refractivity contribution in [1.82, 2.24) is 0 Å².